The Hall–Kier alpha value is -1.31. The molecule has 110 valence electrons. The lowest BCUT2D eigenvalue weighted by Crippen LogP contribution is -2.38. The van der Waals surface area contributed by atoms with Crippen LogP contribution in [0.3, 0.4) is 0 Å². The normalized spacial score (nSPS) is 18.1. The van der Waals surface area contributed by atoms with Crippen molar-refractivity contribution >= 4 is 33.2 Å². The maximum Gasteiger partial charge on any atom is 0.243 e. The zero-order valence-electron chi connectivity index (χ0n) is 11.0. The third-order valence-electron chi connectivity index (χ3n) is 3.25. The average molecular weight is 318 g/mol. The third-order valence-corrected chi connectivity index (χ3v) is 5.42. The number of hydrogen-bond acceptors (Lipinski definition) is 4. The number of nitrogen functional groups attached to an aromatic ring is 1. The summed E-state index contributed by atoms with van der Waals surface area (Å²) in [4.78, 5) is 13.4. The van der Waals surface area contributed by atoms with Crippen LogP contribution in [-0.2, 0) is 14.8 Å². The standard InChI is InChI=1S/C12H16ClN3O3S/c1-15-5-2-6-16(8-12(15)17)20(18,19)9-3-4-11(14)10(13)7-9/h3-4,7H,2,5-6,8,14H2,1H3. The van der Waals surface area contributed by atoms with E-state index in [4.69, 9.17) is 17.3 Å². The van der Waals surface area contributed by atoms with E-state index >= 15 is 0 Å². The molecule has 2 N–H and O–H groups in total. The summed E-state index contributed by atoms with van der Waals surface area (Å²) < 4.78 is 26.2. The van der Waals surface area contributed by atoms with Crippen molar-refractivity contribution in [2.45, 2.75) is 11.3 Å². The number of carbonyl (C=O) groups excluding carboxylic acids is 1. The van der Waals surface area contributed by atoms with Gasteiger partial charge in [-0.15, -0.1) is 0 Å². The summed E-state index contributed by atoms with van der Waals surface area (Å²) in [5.41, 5.74) is 5.89. The van der Waals surface area contributed by atoms with E-state index in [1.165, 1.54) is 27.4 Å². The minimum atomic E-state index is -3.74. The van der Waals surface area contributed by atoms with Crippen LogP contribution in [0, 0.1) is 0 Å². The molecule has 1 aliphatic rings. The second kappa shape index (κ2) is 5.59. The summed E-state index contributed by atoms with van der Waals surface area (Å²) in [6.45, 7) is 0.703. The molecule has 1 aromatic carbocycles. The molecule has 20 heavy (non-hydrogen) atoms. The number of rotatable bonds is 2. The Morgan fingerprint density at radius 3 is 2.65 bits per heavy atom. The number of nitrogens with zero attached hydrogens (tertiary/aromatic N) is 2. The number of likely N-dealkylation sites (N-methyl/N-ethyl adjacent to an activating group) is 1. The van der Waals surface area contributed by atoms with E-state index in [2.05, 4.69) is 0 Å². The van der Waals surface area contributed by atoms with Gasteiger partial charge in [-0.05, 0) is 24.6 Å². The van der Waals surface area contributed by atoms with Crippen molar-refractivity contribution in [3.05, 3.63) is 23.2 Å². The Morgan fingerprint density at radius 2 is 2.00 bits per heavy atom. The Kier molecular flexibility index (Phi) is 4.22. The SMILES string of the molecule is CN1CCCN(S(=O)(=O)c2ccc(N)c(Cl)c2)CC1=O. The molecule has 0 bridgehead atoms. The van der Waals surface area contributed by atoms with Gasteiger partial charge in [-0.2, -0.15) is 4.31 Å². The maximum absolute atomic E-state index is 12.5. The van der Waals surface area contributed by atoms with Crippen molar-refractivity contribution in [2.75, 3.05) is 32.4 Å². The zero-order valence-corrected chi connectivity index (χ0v) is 12.6. The van der Waals surface area contributed by atoms with Crippen molar-refractivity contribution < 1.29 is 13.2 Å². The topological polar surface area (TPSA) is 83.7 Å². The van der Waals surface area contributed by atoms with Crippen LogP contribution in [0.15, 0.2) is 23.1 Å². The largest absolute Gasteiger partial charge is 0.398 e. The van der Waals surface area contributed by atoms with Crippen LogP contribution in [0.25, 0.3) is 0 Å². The number of sulfonamides is 1. The lowest BCUT2D eigenvalue weighted by molar-refractivity contribution is -0.129. The molecule has 1 aliphatic heterocycles. The van der Waals surface area contributed by atoms with E-state index in [0.717, 1.165) is 0 Å². The van der Waals surface area contributed by atoms with Gasteiger partial charge >= 0.3 is 0 Å². The first kappa shape index (κ1) is 15.1. The highest BCUT2D eigenvalue weighted by atomic mass is 35.5. The summed E-state index contributed by atoms with van der Waals surface area (Å²) >= 11 is 5.86. The molecule has 1 heterocycles. The molecular formula is C12H16ClN3O3S. The number of amides is 1. The summed E-state index contributed by atoms with van der Waals surface area (Å²) in [7, 11) is -2.07. The van der Waals surface area contributed by atoms with Crippen molar-refractivity contribution in [2.24, 2.45) is 0 Å². The van der Waals surface area contributed by atoms with Crippen molar-refractivity contribution in [1.29, 1.82) is 0 Å². The van der Waals surface area contributed by atoms with Gasteiger partial charge in [0.2, 0.25) is 15.9 Å². The van der Waals surface area contributed by atoms with Gasteiger partial charge in [0.25, 0.3) is 0 Å². The first-order chi connectivity index (χ1) is 9.32. The number of hydrogen-bond donors (Lipinski definition) is 1. The van der Waals surface area contributed by atoms with Crippen molar-refractivity contribution in [1.82, 2.24) is 9.21 Å². The lowest BCUT2D eigenvalue weighted by atomic mass is 10.3. The number of anilines is 1. The van der Waals surface area contributed by atoms with Crippen LogP contribution in [0.5, 0.6) is 0 Å². The first-order valence-corrected chi connectivity index (χ1v) is 7.93. The molecule has 0 atom stereocenters. The summed E-state index contributed by atoms with van der Waals surface area (Å²) in [6, 6.07) is 4.15. The van der Waals surface area contributed by atoms with Crippen LogP contribution in [-0.4, -0.2) is 50.2 Å². The summed E-state index contributed by atoms with van der Waals surface area (Å²) in [5, 5.41) is 0.185. The molecule has 6 nitrogen and oxygen atoms in total. The number of nitrogens with two attached hydrogens (primary N) is 1. The number of benzene rings is 1. The summed E-state index contributed by atoms with van der Waals surface area (Å²) in [6.07, 6.45) is 0.601. The van der Waals surface area contributed by atoms with Gasteiger partial charge in [0.1, 0.15) is 0 Å². The minimum Gasteiger partial charge on any atom is -0.398 e. The Labute approximate surface area is 123 Å². The van der Waals surface area contributed by atoms with Crippen molar-refractivity contribution in [3.63, 3.8) is 0 Å². The molecule has 1 amide bonds. The molecule has 8 heteroatoms. The third kappa shape index (κ3) is 2.89. The zero-order chi connectivity index (χ0) is 14.9. The van der Waals surface area contributed by atoms with Gasteiger partial charge in [-0.25, -0.2) is 8.42 Å². The van der Waals surface area contributed by atoms with E-state index in [-0.39, 0.29) is 22.4 Å². The van der Waals surface area contributed by atoms with E-state index in [0.29, 0.717) is 25.2 Å². The molecule has 0 unspecified atom stereocenters. The van der Waals surface area contributed by atoms with Gasteiger partial charge in [0.15, 0.2) is 0 Å². The predicted molar refractivity (Wildman–Crippen MR) is 76.9 cm³/mol. The highest BCUT2D eigenvalue weighted by molar-refractivity contribution is 7.89. The molecule has 2 rings (SSSR count). The average Bonchev–Trinajstić information content (AvgIpc) is 2.56. The Balaban J connectivity index is 2.34. The number of halogens is 1. The first-order valence-electron chi connectivity index (χ1n) is 6.11. The second-order valence-corrected chi connectivity index (χ2v) is 7.04. The quantitative estimate of drug-likeness (QED) is 0.817. The maximum atomic E-state index is 12.5. The lowest BCUT2D eigenvalue weighted by Gasteiger charge is -2.19. The molecule has 0 aliphatic carbocycles. The van der Waals surface area contributed by atoms with E-state index in [9.17, 15) is 13.2 Å². The van der Waals surface area contributed by atoms with Gasteiger partial charge in [0.05, 0.1) is 22.2 Å². The smallest absolute Gasteiger partial charge is 0.243 e. The monoisotopic (exact) mass is 317 g/mol. The second-order valence-electron chi connectivity index (χ2n) is 4.69. The molecule has 1 saturated heterocycles. The van der Waals surface area contributed by atoms with Crippen LogP contribution in [0.1, 0.15) is 6.42 Å². The molecule has 1 aromatic rings. The van der Waals surface area contributed by atoms with Crippen LogP contribution >= 0.6 is 11.6 Å². The summed E-state index contributed by atoms with van der Waals surface area (Å²) in [5.74, 6) is -0.215. The minimum absolute atomic E-state index is 0.0500. The van der Waals surface area contributed by atoms with Gasteiger partial charge in [-0.3, -0.25) is 4.79 Å². The van der Waals surface area contributed by atoms with Crippen LogP contribution in [0.2, 0.25) is 5.02 Å². The predicted octanol–water partition coefficient (Wildman–Crippen LogP) is 0.775. The Bertz CT molecular complexity index is 633. The van der Waals surface area contributed by atoms with Gasteiger partial charge in [0, 0.05) is 20.1 Å². The fourth-order valence-corrected chi connectivity index (χ4v) is 3.68. The molecule has 0 radical (unpaired) electrons. The number of carbonyl (C=O) groups is 1. The highest BCUT2D eigenvalue weighted by Crippen LogP contribution is 2.25. The molecule has 1 fully saturated rings. The van der Waals surface area contributed by atoms with Crippen molar-refractivity contribution in [3.8, 4) is 0 Å². The fourth-order valence-electron chi connectivity index (χ4n) is 1.98. The molecule has 0 saturated carbocycles. The van der Waals surface area contributed by atoms with E-state index in [1.807, 2.05) is 0 Å². The van der Waals surface area contributed by atoms with Gasteiger partial charge in [-0.1, -0.05) is 11.6 Å². The van der Waals surface area contributed by atoms with Crippen LogP contribution < -0.4 is 5.73 Å². The fraction of sp³-hybridized carbons (Fsp3) is 0.417. The van der Waals surface area contributed by atoms with E-state index < -0.39 is 10.0 Å². The molecular weight excluding hydrogens is 302 g/mol. The highest BCUT2D eigenvalue weighted by Gasteiger charge is 2.29. The molecule has 0 aromatic heterocycles. The van der Waals surface area contributed by atoms with Gasteiger partial charge < -0.3 is 10.6 Å². The molecule has 0 spiro atoms. The van der Waals surface area contributed by atoms with Crippen LogP contribution in [0.4, 0.5) is 5.69 Å². The Morgan fingerprint density at radius 1 is 1.30 bits per heavy atom. The van der Waals surface area contributed by atoms with E-state index in [1.54, 1.807) is 7.05 Å².